The third kappa shape index (κ3) is 5.71. The van der Waals surface area contributed by atoms with Crippen molar-refractivity contribution >= 4 is 17.7 Å². The molecule has 11 nitrogen and oxygen atoms in total. The number of aromatic nitrogens is 2. The maximum atomic E-state index is 12.9. The summed E-state index contributed by atoms with van der Waals surface area (Å²) < 4.78 is 12.8. The fourth-order valence-electron chi connectivity index (χ4n) is 4.66. The predicted octanol–water partition coefficient (Wildman–Crippen LogP) is 3.35. The number of non-ortho nitro benzene ring substituents is 1. The fourth-order valence-corrected chi connectivity index (χ4v) is 4.66. The number of rotatable bonds is 8. The first kappa shape index (κ1) is 24.3. The van der Waals surface area contributed by atoms with E-state index in [2.05, 4.69) is 5.10 Å². The van der Waals surface area contributed by atoms with Gasteiger partial charge >= 0.3 is 6.09 Å². The van der Waals surface area contributed by atoms with Crippen LogP contribution in [0.25, 0.3) is 11.3 Å². The summed E-state index contributed by atoms with van der Waals surface area (Å²) in [6.45, 7) is 1.98. The number of carbonyl (C=O) groups is 2. The third-order valence-electron chi connectivity index (χ3n) is 6.65. The second kappa shape index (κ2) is 10.7. The number of hydrogen-bond acceptors (Lipinski definition) is 7. The van der Waals surface area contributed by atoms with Crippen LogP contribution in [0.4, 0.5) is 10.5 Å². The first-order valence-electron chi connectivity index (χ1n) is 12.2. The number of nitro groups is 1. The molecule has 5 rings (SSSR count). The normalized spacial score (nSPS) is 18.1. The lowest BCUT2D eigenvalue weighted by molar-refractivity contribution is -0.384. The van der Waals surface area contributed by atoms with Gasteiger partial charge in [-0.1, -0.05) is 18.2 Å². The van der Waals surface area contributed by atoms with Crippen LogP contribution in [0.3, 0.4) is 0 Å². The summed E-state index contributed by atoms with van der Waals surface area (Å²) in [5.74, 6) is 0.691. The Morgan fingerprint density at radius 1 is 1.08 bits per heavy atom. The molecular formula is C26H27N5O6. The Morgan fingerprint density at radius 2 is 1.81 bits per heavy atom. The summed E-state index contributed by atoms with van der Waals surface area (Å²) in [6, 6.07) is 17.4. The molecule has 1 aromatic heterocycles. The quantitative estimate of drug-likeness (QED) is 0.340. The minimum atomic E-state index is -0.449. The number of cyclic esters (lactones) is 1. The molecule has 0 N–H and O–H groups in total. The SMILES string of the molecule is O=C(Cn1ccc(-c2ccc([N+](=O)[O-])cc2)n1)N1CCC(N2CC(COc3ccccc3)OC2=O)CC1. The summed E-state index contributed by atoms with van der Waals surface area (Å²) in [7, 11) is 0. The zero-order chi connectivity index (χ0) is 25.8. The van der Waals surface area contributed by atoms with E-state index in [0.29, 0.717) is 44.8 Å². The van der Waals surface area contributed by atoms with Crippen molar-refractivity contribution in [1.29, 1.82) is 0 Å². The molecular weight excluding hydrogens is 478 g/mol. The number of likely N-dealkylation sites (tertiary alicyclic amines) is 1. The number of hydrogen-bond donors (Lipinski definition) is 0. The van der Waals surface area contributed by atoms with Gasteiger partial charge in [0.25, 0.3) is 5.69 Å². The molecule has 2 aliphatic heterocycles. The molecule has 3 heterocycles. The van der Waals surface area contributed by atoms with Crippen molar-refractivity contribution in [2.24, 2.45) is 0 Å². The van der Waals surface area contributed by atoms with Crippen LogP contribution in [0, 0.1) is 10.1 Å². The highest BCUT2D eigenvalue weighted by molar-refractivity contribution is 5.76. The van der Waals surface area contributed by atoms with Crippen LogP contribution in [0.1, 0.15) is 12.8 Å². The molecule has 0 aliphatic carbocycles. The molecule has 2 amide bonds. The van der Waals surface area contributed by atoms with E-state index in [9.17, 15) is 19.7 Å². The lowest BCUT2D eigenvalue weighted by Gasteiger charge is -2.35. The van der Waals surface area contributed by atoms with Gasteiger partial charge in [0.2, 0.25) is 5.91 Å². The van der Waals surface area contributed by atoms with E-state index in [1.54, 1.807) is 38.9 Å². The fraction of sp³-hybridized carbons (Fsp3) is 0.346. The zero-order valence-electron chi connectivity index (χ0n) is 20.1. The van der Waals surface area contributed by atoms with Crippen molar-refractivity contribution in [3.8, 4) is 17.0 Å². The molecule has 2 saturated heterocycles. The lowest BCUT2D eigenvalue weighted by atomic mass is 10.0. The average molecular weight is 506 g/mol. The molecule has 37 heavy (non-hydrogen) atoms. The summed E-state index contributed by atoms with van der Waals surface area (Å²) in [4.78, 5) is 39.2. The van der Waals surface area contributed by atoms with Crippen molar-refractivity contribution < 1.29 is 24.0 Å². The molecule has 1 atom stereocenters. The topological polar surface area (TPSA) is 120 Å². The Balaban J connectivity index is 1.09. The largest absolute Gasteiger partial charge is 0.490 e. The third-order valence-corrected chi connectivity index (χ3v) is 6.65. The number of amides is 2. The molecule has 0 radical (unpaired) electrons. The number of carbonyl (C=O) groups excluding carboxylic acids is 2. The molecule has 0 spiro atoms. The Labute approximate surface area is 213 Å². The van der Waals surface area contributed by atoms with Crippen LogP contribution in [-0.2, 0) is 16.1 Å². The van der Waals surface area contributed by atoms with E-state index in [0.717, 1.165) is 11.3 Å². The summed E-state index contributed by atoms with van der Waals surface area (Å²) in [6.07, 6.45) is 2.43. The summed E-state index contributed by atoms with van der Waals surface area (Å²) >= 11 is 0. The monoisotopic (exact) mass is 505 g/mol. The van der Waals surface area contributed by atoms with Gasteiger partial charge in [-0.2, -0.15) is 5.10 Å². The Morgan fingerprint density at radius 3 is 2.51 bits per heavy atom. The van der Waals surface area contributed by atoms with Crippen molar-refractivity contribution in [2.45, 2.75) is 31.5 Å². The van der Waals surface area contributed by atoms with Gasteiger partial charge in [-0.25, -0.2) is 4.79 Å². The minimum absolute atomic E-state index is 0.0139. The van der Waals surface area contributed by atoms with Crippen LogP contribution in [0.15, 0.2) is 66.9 Å². The predicted molar refractivity (Wildman–Crippen MR) is 133 cm³/mol. The van der Waals surface area contributed by atoms with Crippen molar-refractivity contribution in [2.75, 3.05) is 26.2 Å². The maximum absolute atomic E-state index is 12.9. The molecule has 0 bridgehead atoms. The maximum Gasteiger partial charge on any atom is 0.410 e. The van der Waals surface area contributed by atoms with E-state index in [1.807, 2.05) is 30.3 Å². The Hall–Kier alpha value is -4.41. The minimum Gasteiger partial charge on any atom is -0.490 e. The molecule has 2 fully saturated rings. The molecule has 2 aliphatic rings. The van der Waals surface area contributed by atoms with E-state index in [1.165, 1.54) is 12.1 Å². The number of piperidine rings is 1. The van der Waals surface area contributed by atoms with Crippen molar-refractivity contribution in [1.82, 2.24) is 19.6 Å². The average Bonchev–Trinajstić information content (AvgIpc) is 3.54. The number of para-hydroxylation sites is 1. The van der Waals surface area contributed by atoms with Gasteiger partial charge in [0.15, 0.2) is 6.10 Å². The van der Waals surface area contributed by atoms with Gasteiger partial charge in [0.05, 0.1) is 17.2 Å². The highest BCUT2D eigenvalue weighted by Crippen LogP contribution is 2.24. The standard InChI is InChI=1S/C26H27N5O6/c32-25(17-29-15-12-24(27-29)19-6-8-21(9-7-19)31(34)35)28-13-10-20(11-14-28)30-16-23(37-26(30)33)18-36-22-4-2-1-3-5-22/h1-9,12,15,20,23H,10-11,13-14,16-18H2. The van der Waals surface area contributed by atoms with Crippen LogP contribution in [0.5, 0.6) is 5.75 Å². The number of nitrogens with zero attached hydrogens (tertiary/aromatic N) is 5. The Bertz CT molecular complexity index is 1250. The zero-order valence-corrected chi connectivity index (χ0v) is 20.1. The molecule has 11 heteroatoms. The van der Waals surface area contributed by atoms with E-state index in [4.69, 9.17) is 9.47 Å². The molecule has 2 aromatic carbocycles. The number of nitro benzene ring substituents is 1. The van der Waals surface area contributed by atoms with Crippen LogP contribution in [0.2, 0.25) is 0 Å². The van der Waals surface area contributed by atoms with E-state index >= 15 is 0 Å². The molecule has 192 valence electrons. The van der Waals surface area contributed by atoms with Crippen molar-refractivity contribution in [3.05, 3.63) is 77.0 Å². The van der Waals surface area contributed by atoms with E-state index < -0.39 is 4.92 Å². The highest BCUT2D eigenvalue weighted by Gasteiger charge is 2.38. The van der Waals surface area contributed by atoms with Crippen LogP contribution < -0.4 is 4.74 Å². The summed E-state index contributed by atoms with van der Waals surface area (Å²) in [5.41, 5.74) is 1.39. The second-order valence-electron chi connectivity index (χ2n) is 9.10. The van der Waals surface area contributed by atoms with Crippen LogP contribution >= 0.6 is 0 Å². The van der Waals surface area contributed by atoms with E-state index in [-0.39, 0.29) is 36.4 Å². The Kier molecular flexibility index (Phi) is 7.02. The lowest BCUT2D eigenvalue weighted by Crippen LogP contribution is -2.48. The van der Waals surface area contributed by atoms with Gasteiger partial charge in [0.1, 0.15) is 18.9 Å². The second-order valence-corrected chi connectivity index (χ2v) is 9.10. The number of ether oxygens (including phenoxy) is 2. The van der Waals surface area contributed by atoms with Gasteiger partial charge < -0.3 is 19.3 Å². The van der Waals surface area contributed by atoms with Gasteiger partial charge in [-0.3, -0.25) is 19.6 Å². The summed E-state index contributed by atoms with van der Waals surface area (Å²) in [5, 5.41) is 15.3. The first-order chi connectivity index (χ1) is 18.0. The van der Waals surface area contributed by atoms with Gasteiger partial charge in [0, 0.05) is 43.0 Å². The smallest absolute Gasteiger partial charge is 0.410 e. The van der Waals surface area contributed by atoms with Gasteiger partial charge in [-0.15, -0.1) is 0 Å². The van der Waals surface area contributed by atoms with Crippen LogP contribution in [-0.4, -0.2) is 74.9 Å². The molecule has 0 saturated carbocycles. The highest BCUT2D eigenvalue weighted by atomic mass is 16.6. The molecule has 3 aromatic rings. The van der Waals surface area contributed by atoms with Gasteiger partial charge in [-0.05, 0) is 43.2 Å². The van der Waals surface area contributed by atoms with Crippen molar-refractivity contribution in [3.63, 3.8) is 0 Å². The number of benzene rings is 2. The molecule has 1 unspecified atom stereocenters. The first-order valence-corrected chi connectivity index (χ1v) is 12.2.